The predicted octanol–water partition coefficient (Wildman–Crippen LogP) is 9.97. The minimum Gasteiger partial charge on any atom is -0.396 e. The van der Waals surface area contributed by atoms with Crippen LogP contribution in [-0.4, -0.2) is 47.3 Å². The van der Waals surface area contributed by atoms with E-state index in [1.54, 1.807) is 0 Å². The summed E-state index contributed by atoms with van der Waals surface area (Å²) in [5.74, 6) is -3.10. The lowest BCUT2D eigenvalue weighted by atomic mass is 10.0. The van der Waals surface area contributed by atoms with Crippen molar-refractivity contribution < 1.29 is 28.6 Å². The van der Waals surface area contributed by atoms with E-state index in [1.807, 2.05) is 0 Å². The molecule has 274 valence electrons. The van der Waals surface area contributed by atoms with Gasteiger partial charge in [0, 0.05) is 13.2 Å². The average Bonchev–Trinajstić information content (AvgIpc) is 3.80. The fourth-order valence-electron chi connectivity index (χ4n) is 6.03. The van der Waals surface area contributed by atoms with Gasteiger partial charge < -0.3 is 20.8 Å². The van der Waals surface area contributed by atoms with Crippen molar-refractivity contribution in [2.45, 2.75) is 198 Å². The fourth-order valence-corrected chi connectivity index (χ4v) is 6.03. The normalized spacial score (nSPS) is 16.4. The maximum Gasteiger partial charge on any atom is 0.279 e. The van der Waals surface area contributed by atoms with Gasteiger partial charge in [-0.15, -0.1) is 0 Å². The fraction of sp³-hybridized carbons (Fsp3) is 0.846. The zero-order valence-electron chi connectivity index (χ0n) is 29.7. The van der Waals surface area contributed by atoms with E-state index < -0.39 is 23.5 Å². The van der Waals surface area contributed by atoms with Crippen molar-refractivity contribution >= 4 is 11.8 Å². The number of halogens is 2. The molecule has 1 aliphatic rings. The van der Waals surface area contributed by atoms with Crippen LogP contribution in [0.3, 0.4) is 0 Å². The third-order valence-electron chi connectivity index (χ3n) is 9.23. The van der Waals surface area contributed by atoms with Crippen LogP contribution in [0.4, 0.5) is 8.78 Å². The Morgan fingerprint density at radius 3 is 0.936 bits per heavy atom. The molecular formula is C39H70F2N2O4. The highest BCUT2D eigenvalue weighted by Gasteiger charge is 2.40. The second-order valence-electron chi connectivity index (χ2n) is 13.7. The summed E-state index contributed by atoms with van der Waals surface area (Å²) in [7, 11) is 0. The van der Waals surface area contributed by atoms with E-state index in [-0.39, 0.29) is 12.1 Å². The van der Waals surface area contributed by atoms with Crippen molar-refractivity contribution in [2.24, 2.45) is 0 Å². The van der Waals surface area contributed by atoms with Gasteiger partial charge in [-0.05, 0) is 57.1 Å². The van der Waals surface area contributed by atoms with Crippen molar-refractivity contribution in [1.29, 1.82) is 0 Å². The van der Waals surface area contributed by atoms with Crippen molar-refractivity contribution in [1.82, 2.24) is 10.6 Å². The zero-order chi connectivity index (χ0) is 34.2. The molecule has 0 aromatic heterocycles. The van der Waals surface area contributed by atoms with E-state index in [9.17, 15) is 18.4 Å². The molecule has 2 amide bonds. The molecule has 0 unspecified atom stereocenters. The monoisotopic (exact) mass is 669 g/mol. The molecule has 1 aliphatic carbocycles. The number of carbonyl (C=O) groups is 2. The molecule has 1 rings (SSSR count). The molecule has 0 aliphatic heterocycles. The zero-order valence-corrected chi connectivity index (χ0v) is 29.7. The number of allylic oxidation sites excluding steroid dienone is 2. The Morgan fingerprint density at radius 1 is 0.447 bits per heavy atom. The van der Waals surface area contributed by atoms with Crippen molar-refractivity contribution in [3.05, 3.63) is 23.8 Å². The van der Waals surface area contributed by atoms with Crippen molar-refractivity contribution in [3.8, 4) is 0 Å². The van der Waals surface area contributed by atoms with Crippen LogP contribution in [0.2, 0.25) is 0 Å². The van der Waals surface area contributed by atoms with Gasteiger partial charge in [-0.3, -0.25) is 9.59 Å². The quantitative estimate of drug-likeness (QED) is 0.0405. The summed E-state index contributed by atoms with van der Waals surface area (Å²) in [4.78, 5) is 24.3. The van der Waals surface area contributed by atoms with Gasteiger partial charge in [0.2, 0.25) is 0 Å². The Morgan fingerprint density at radius 2 is 0.681 bits per heavy atom. The number of amides is 2. The molecular weight excluding hydrogens is 598 g/mol. The van der Waals surface area contributed by atoms with Gasteiger partial charge in [0.25, 0.3) is 11.8 Å². The average molecular weight is 669 g/mol. The number of nitrogens with one attached hydrogen (secondary N) is 2. The Hall–Kier alpha value is -1.80. The topological polar surface area (TPSA) is 98.7 Å². The first-order valence-electron chi connectivity index (χ1n) is 19.5. The van der Waals surface area contributed by atoms with Crippen molar-refractivity contribution in [3.63, 3.8) is 0 Å². The summed E-state index contributed by atoms with van der Waals surface area (Å²) in [5.41, 5.74) is 0. The lowest BCUT2D eigenvalue weighted by Crippen LogP contribution is -2.35. The Balaban J connectivity index is 1.96. The van der Waals surface area contributed by atoms with E-state index in [4.69, 9.17) is 10.2 Å². The third kappa shape index (κ3) is 26.8. The lowest BCUT2D eigenvalue weighted by molar-refractivity contribution is -0.120. The highest BCUT2D eigenvalue weighted by Crippen LogP contribution is 2.23. The van der Waals surface area contributed by atoms with Crippen molar-refractivity contribution in [2.75, 3.05) is 13.2 Å². The van der Waals surface area contributed by atoms with Crippen LogP contribution in [-0.2, 0) is 9.59 Å². The molecule has 0 bridgehead atoms. The smallest absolute Gasteiger partial charge is 0.279 e. The predicted molar refractivity (Wildman–Crippen MR) is 190 cm³/mol. The van der Waals surface area contributed by atoms with E-state index in [0.29, 0.717) is 32.5 Å². The van der Waals surface area contributed by atoms with E-state index in [1.165, 1.54) is 115 Å². The summed E-state index contributed by atoms with van der Waals surface area (Å²) in [6.45, 7) is 0.617. The first-order chi connectivity index (χ1) is 23.0. The van der Waals surface area contributed by atoms with Crippen LogP contribution < -0.4 is 10.6 Å². The number of aliphatic hydroxyl groups excluding tert-OH is 2. The SMILES string of the molecule is O=C(N[C@H]1C[C@H]1NC(=O)/C(F)=C/CCCCCCCCCCCCCCCO)/C(F)=C/CCCCCCCCCCCCCCCO. The molecule has 0 saturated heterocycles. The highest BCUT2D eigenvalue weighted by atomic mass is 19.1. The van der Waals surface area contributed by atoms with Gasteiger partial charge in [0.15, 0.2) is 11.7 Å². The maximum absolute atomic E-state index is 14.2. The Labute approximate surface area is 286 Å². The molecule has 1 saturated carbocycles. The molecule has 2 atom stereocenters. The van der Waals surface area contributed by atoms with E-state index >= 15 is 0 Å². The summed E-state index contributed by atoms with van der Waals surface area (Å²) in [5, 5.41) is 22.8. The number of hydrogen-bond acceptors (Lipinski definition) is 4. The van der Waals surface area contributed by atoms with Crippen LogP contribution in [0.15, 0.2) is 23.8 Å². The minimum absolute atomic E-state index is 0.309. The molecule has 0 heterocycles. The number of hydrogen-bond donors (Lipinski definition) is 4. The number of rotatable bonds is 34. The molecule has 47 heavy (non-hydrogen) atoms. The number of aliphatic hydroxyl groups is 2. The highest BCUT2D eigenvalue weighted by molar-refractivity contribution is 5.93. The third-order valence-corrected chi connectivity index (χ3v) is 9.23. The van der Waals surface area contributed by atoms with Crippen LogP contribution >= 0.6 is 0 Å². The number of unbranched alkanes of at least 4 members (excludes halogenated alkanes) is 26. The first kappa shape index (κ1) is 43.2. The molecule has 8 heteroatoms. The Kier molecular flexibility index (Phi) is 28.9. The minimum atomic E-state index is -0.786. The van der Waals surface area contributed by atoms with Crippen LogP contribution in [0, 0.1) is 0 Å². The molecule has 0 aromatic rings. The van der Waals surface area contributed by atoms with Crippen LogP contribution in [0.5, 0.6) is 0 Å². The van der Waals surface area contributed by atoms with Gasteiger partial charge in [0.1, 0.15) is 0 Å². The second-order valence-corrected chi connectivity index (χ2v) is 13.7. The standard InChI is InChI=1S/C39H70F2N2O4/c40-34(29-25-21-17-13-9-5-1-3-7-11-15-19-23-27-31-44)38(46)42-36-33-37(36)43-39(47)35(41)30-26-22-18-14-10-6-2-4-8-12-16-20-24-28-32-45/h29-30,36-37,44-45H,1-28,31-33H2,(H,42,46)(H,43,47)/b34-29-,35-30-/t36-,37+. The Bertz CT molecular complexity index is 770. The molecule has 4 N–H and O–H groups in total. The molecule has 0 radical (unpaired) electrons. The molecule has 0 aromatic carbocycles. The molecule has 6 nitrogen and oxygen atoms in total. The molecule has 1 fully saturated rings. The lowest BCUT2D eigenvalue weighted by Gasteiger charge is -2.05. The van der Waals surface area contributed by atoms with Crippen LogP contribution in [0.1, 0.15) is 186 Å². The summed E-state index contributed by atoms with van der Waals surface area (Å²) < 4.78 is 28.4. The summed E-state index contributed by atoms with van der Waals surface area (Å²) in [6, 6.07) is -0.719. The van der Waals surface area contributed by atoms with Crippen LogP contribution in [0.25, 0.3) is 0 Å². The van der Waals surface area contributed by atoms with Gasteiger partial charge >= 0.3 is 0 Å². The van der Waals surface area contributed by atoms with E-state index in [2.05, 4.69) is 10.6 Å². The second kappa shape index (κ2) is 31.5. The summed E-state index contributed by atoms with van der Waals surface area (Å²) in [6.07, 6.45) is 34.6. The van der Waals surface area contributed by atoms with Gasteiger partial charge in [0.05, 0.1) is 12.1 Å². The number of carbonyl (C=O) groups excluding carboxylic acids is 2. The summed E-state index contributed by atoms with van der Waals surface area (Å²) >= 11 is 0. The maximum atomic E-state index is 14.2. The van der Waals surface area contributed by atoms with E-state index in [0.717, 1.165) is 64.2 Å². The van der Waals surface area contributed by atoms with Gasteiger partial charge in [-0.25, -0.2) is 8.78 Å². The first-order valence-corrected chi connectivity index (χ1v) is 19.5. The largest absolute Gasteiger partial charge is 0.396 e. The van der Waals surface area contributed by atoms with Gasteiger partial charge in [-0.2, -0.15) is 0 Å². The molecule has 0 spiro atoms. The van der Waals surface area contributed by atoms with Gasteiger partial charge in [-0.1, -0.05) is 141 Å².